The third-order valence-corrected chi connectivity index (χ3v) is 3.47. The molecule has 0 spiro atoms. The Kier molecular flexibility index (Phi) is 5.14. The van der Waals surface area contributed by atoms with Gasteiger partial charge in [0.05, 0.1) is 0 Å². The molecule has 1 aromatic carbocycles. The largest absolute Gasteiger partial charge is 0.481 e. The highest BCUT2D eigenvalue weighted by atomic mass is 16.4. The number of amides is 2. The van der Waals surface area contributed by atoms with Crippen LogP contribution in [-0.2, 0) is 9.59 Å². The van der Waals surface area contributed by atoms with Gasteiger partial charge in [0.15, 0.2) is 0 Å². The normalized spacial score (nSPS) is 15.0. The Labute approximate surface area is 128 Å². The van der Waals surface area contributed by atoms with Gasteiger partial charge in [0.25, 0.3) is 5.91 Å². The summed E-state index contributed by atoms with van der Waals surface area (Å²) in [6, 6.07) is 6.73. The number of hydrogen-bond acceptors (Lipinski definition) is 3. The Morgan fingerprint density at radius 3 is 2.68 bits per heavy atom. The molecule has 0 aromatic heterocycles. The van der Waals surface area contributed by atoms with E-state index in [4.69, 9.17) is 5.11 Å². The van der Waals surface area contributed by atoms with Gasteiger partial charge in [-0.05, 0) is 37.0 Å². The monoisotopic (exact) mass is 304 g/mol. The second kappa shape index (κ2) is 7.06. The van der Waals surface area contributed by atoms with Gasteiger partial charge in [0, 0.05) is 30.1 Å². The molecule has 1 aliphatic rings. The first-order chi connectivity index (χ1) is 10.5. The van der Waals surface area contributed by atoms with E-state index in [1.807, 2.05) is 0 Å². The molecular formula is C16H20N2O4. The van der Waals surface area contributed by atoms with Crippen molar-refractivity contribution in [2.24, 2.45) is 11.8 Å². The second-order valence-electron chi connectivity index (χ2n) is 5.76. The lowest BCUT2D eigenvalue weighted by atomic mass is 10.1. The van der Waals surface area contributed by atoms with Crippen molar-refractivity contribution in [1.29, 1.82) is 0 Å². The van der Waals surface area contributed by atoms with Gasteiger partial charge < -0.3 is 15.7 Å². The number of benzene rings is 1. The van der Waals surface area contributed by atoms with E-state index in [0.717, 1.165) is 12.8 Å². The summed E-state index contributed by atoms with van der Waals surface area (Å²) >= 11 is 0. The number of carbonyl (C=O) groups excluding carboxylic acids is 2. The number of aliphatic carboxylic acids is 1. The molecule has 1 aliphatic carbocycles. The van der Waals surface area contributed by atoms with Crippen LogP contribution in [0.25, 0.3) is 0 Å². The maximum Gasteiger partial charge on any atom is 0.303 e. The Morgan fingerprint density at radius 1 is 1.32 bits per heavy atom. The molecule has 0 heterocycles. The molecule has 2 amide bonds. The van der Waals surface area contributed by atoms with Crippen LogP contribution in [0.5, 0.6) is 0 Å². The first kappa shape index (κ1) is 16.0. The third-order valence-electron chi connectivity index (χ3n) is 3.47. The van der Waals surface area contributed by atoms with Crippen LogP contribution in [0.15, 0.2) is 24.3 Å². The molecule has 1 unspecified atom stereocenters. The van der Waals surface area contributed by atoms with Crippen LogP contribution >= 0.6 is 0 Å². The van der Waals surface area contributed by atoms with E-state index in [9.17, 15) is 14.4 Å². The van der Waals surface area contributed by atoms with Crippen molar-refractivity contribution >= 4 is 23.5 Å². The molecule has 6 nitrogen and oxygen atoms in total. The first-order valence-electron chi connectivity index (χ1n) is 7.36. The molecule has 3 N–H and O–H groups in total. The molecule has 0 aliphatic heterocycles. The number of rotatable bonds is 7. The van der Waals surface area contributed by atoms with Crippen molar-refractivity contribution in [2.45, 2.75) is 26.2 Å². The highest BCUT2D eigenvalue weighted by molar-refractivity contribution is 5.98. The maximum atomic E-state index is 12.0. The van der Waals surface area contributed by atoms with Crippen LogP contribution in [0, 0.1) is 11.8 Å². The summed E-state index contributed by atoms with van der Waals surface area (Å²) < 4.78 is 0. The molecule has 0 bridgehead atoms. The summed E-state index contributed by atoms with van der Waals surface area (Å²) in [6.45, 7) is 2.06. The lowest BCUT2D eigenvalue weighted by Gasteiger charge is -2.11. The Hall–Kier alpha value is -2.37. The summed E-state index contributed by atoms with van der Waals surface area (Å²) in [5, 5.41) is 14.2. The fraction of sp³-hybridized carbons (Fsp3) is 0.438. The van der Waals surface area contributed by atoms with Crippen LogP contribution in [0.2, 0.25) is 0 Å². The maximum absolute atomic E-state index is 12.0. The zero-order valence-corrected chi connectivity index (χ0v) is 12.5. The molecule has 0 radical (unpaired) electrons. The molecule has 118 valence electrons. The molecule has 2 rings (SSSR count). The minimum absolute atomic E-state index is 0.00682. The van der Waals surface area contributed by atoms with Gasteiger partial charge in [-0.3, -0.25) is 14.4 Å². The van der Waals surface area contributed by atoms with Gasteiger partial charge in [-0.25, -0.2) is 0 Å². The second-order valence-corrected chi connectivity index (χ2v) is 5.76. The van der Waals surface area contributed by atoms with Crippen LogP contribution in [0.3, 0.4) is 0 Å². The molecule has 1 aromatic rings. The van der Waals surface area contributed by atoms with Crippen molar-refractivity contribution in [3.8, 4) is 0 Å². The van der Waals surface area contributed by atoms with E-state index < -0.39 is 5.97 Å². The first-order valence-corrected chi connectivity index (χ1v) is 7.36. The van der Waals surface area contributed by atoms with Crippen LogP contribution in [0.1, 0.15) is 36.5 Å². The van der Waals surface area contributed by atoms with Crippen molar-refractivity contribution in [2.75, 3.05) is 11.9 Å². The predicted molar refractivity (Wildman–Crippen MR) is 81.5 cm³/mol. The van der Waals surface area contributed by atoms with E-state index in [0.29, 0.717) is 17.8 Å². The highest BCUT2D eigenvalue weighted by Gasteiger charge is 2.29. The number of carboxylic acids is 1. The highest BCUT2D eigenvalue weighted by Crippen LogP contribution is 2.30. The fourth-order valence-corrected chi connectivity index (χ4v) is 2.07. The third kappa shape index (κ3) is 4.87. The minimum Gasteiger partial charge on any atom is -0.481 e. The van der Waals surface area contributed by atoms with E-state index in [-0.39, 0.29) is 30.1 Å². The molecule has 1 saturated carbocycles. The summed E-state index contributed by atoms with van der Waals surface area (Å²) in [5.74, 6) is -1.20. The minimum atomic E-state index is -0.883. The van der Waals surface area contributed by atoms with Gasteiger partial charge in [0.2, 0.25) is 5.91 Å². The topological polar surface area (TPSA) is 95.5 Å². The van der Waals surface area contributed by atoms with E-state index in [1.165, 1.54) is 0 Å². The van der Waals surface area contributed by atoms with Gasteiger partial charge in [-0.1, -0.05) is 13.0 Å². The molecule has 6 heteroatoms. The Bertz CT molecular complexity index is 581. The smallest absolute Gasteiger partial charge is 0.303 e. The molecule has 1 atom stereocenters. The average molecular weight is 304 g/mol. The molecule has 0 saturated heterocycles. The Morgan fingerprint density at radius 2 is 2.05 bits per heavy atom. The number of carbonyl (C=O) groups is 3. The van der Waals surface area contributed by atoms with Crippen LogP contribution < -0.4 is 10.6 Å². The summed E-state index contributed by atoms with van der Waals surface area (Å²) in [7, 11) is 0. The lowest BCUT2D eigenvalue weighted by Crippen LogP contribution is -2.29. The number of carboxylic acid groups (broad SMARTS) is 1. The predicted octanol–water partition coefficient (Wildman–Crippen LogP) is 1.88. The number of hydrogen-bond donors (Lipinski definition) is 3. The van der Waals surface area contributed by atoms with Crippen molar-refractivity contribution in [3.05, 3.63) is 29.8 Å². The lowest BCUT2D eigenvalue weighted by molar-refractivity contribution is -0.137. The van der Waals surface area contributed by atoms with Crippen LogP contribution in [-0.4, -0.2) is 29.4 Å². The zero-order chi connectivity index (χ0) is 16.1. The summed E-state index contributed by atoms with van der Waals surface area (Å²) in [4.78, 5) is 34.3. The van der Waals surface area contributed by atoms with Crippen molar-refractivity contribution in [1.82, 2.24) is 5.32 Å². The van der Waals surface area contributed by atoms with E-state index in [1.54, 1.807) is 31.2 Å². The molecule has 22 heavy (non-hydrogen) atoms. The Balaban J connectivity index is 1.89. The van der Waals surface area contributed by atoms with Crippen molar-refractivity contribution in [3.63, 3.8) is 0 Å². The molecule has 1 fully saturated rings. The van der Waals surface area contributed by atoms with E-state index >= 15 is 0 Å². The number of nitrogens with one attached hydrogen (secondary N) is 2. The molecular weight excluding hydrogens is 284 g/mol. The van der Waals surface area contributed by atoms with Crippen LogP contribution in [0.4, 0.5) is 5.69 Å². The van der Waals surface area contributed by atoms with Gasteiger partial charge in [0.1, 0.15) is 0 Å². The standard InChI is InChI=1S/C16H20N2O4/c1-10(7-14(19)20)9-17-15(21)12-3-2-4-13(8-12)18-16(22)11-5-6-11/h2-4,8,10-11H,5-7,9H2,1H3,(H,17,21)(H,18,22)(H,19,20). The van der Waals surface area contributed by atoms with Gasteiger partial charge in [-0.2, -0.15) is 0 Å². The van der Waals surface area contributed by atoms with E-state index in [2.05, 4.69) is 10.6 Å². The average Bonchev–Trinajstić information content (AvgIpc) is 3.29. The zero-order valence-electron chi connectivity index (χ0n) is 12.5. The van der Waals surface area contributed by atoms with Gasteiger partial charge >= 0.3 is 5.97 Å². The SMILES string of the molecule is CC(CNC(=O)c1cccc(NC(=O)C2CC2)c1)CC(=O)O. The van der Waals surface area contributed by atoms with Crippen molar-refractivity contribution < 1.29 is 19.5 Å². The number of anilines is 1. The van der Waals surface area contributed by atoms with Gasteiger partial charge in [-0.15, -0.1) is 0 Å². The fourth-order valence-electron chi connectivity index (χ4n) is 2.07. The quantitative estimate of drug-likeness (QED) is 0.716. The summed E-state index contributed by atoms with van der Waals surface area (Å²) in [5.41, 5.74) is 1.04. The summed E-state index contributed by atoms with van der Waals surface area (Å²) in [6.07, 6.45) is 1.86.